The zero-order valence-corrected chi connectivity index (χ0v) is 21.4. The number of aromatic nitrogens is 3. The Morgan fingerprint density at radius 1 is 1.25 bits per heavy atom. The summed E-state index contributed by atoms with van der Waals surface area (Å²) in [5, 5.41) is 21.5. The molecule has 3 heterocycles. The minimum atomic E-state index is -0.751. The number of aliphatic hydroxyl groups is 1. The second-order valence-electron chi connectivity index (χ2n) is 9.36. The number of ether oxygens (including phenoxy) is 1. The number of methoxy groups -OCH3 is 1. The van der Waals surface area contributed by atoms with Crippen molar-refractivity contribution in [3.05, 3.63) is 54.7 Å². The second-order valence-corrected chi connectivity index (χ2v) is 10.5. The normalized spacial score (nSPS) is 19.3. The van der Waals surface area contributed by atoms with Crippen molar-refractivity contribution in [2.24, 2.45) is 11.8 Å². The fourth-order valence-electron chi connectivity index (χ4n) is 5.12. The highest BCUT2D eigenvalue weighted by molar-refractivity contribution is 7.99. The molecule has 36 heavy (non-hydrogen) atoms. The lowest BCUT2D eigenvalue weighted by atomic mass is 9.79. The van der Waals surface area contributed by atoms with E-state index in [0.29, 0.717) is 6.42 Å². The number of aliphatic hydroxyl groups excluding tert-OH is 1. The van der Waals surface area contributed by atoms with Gasteiger partial charge in [-0.3, -0.25) is 9.78 Å². The predicted octanol–water partition coefficient (Wildman–Crippen LogP) is 4.44. The van der Waals surface area contributed by atoms with Gasteiger partial charge in [0.25, 0.3) is 0 Å². The van der Waals surface area contributed by atoms with Gasteiger partial charge in [0.2, 0.25) is 0 Å². The van der Waals surface area contributed by atoms with E-state index >= 15 is 0 Å². The molecule has 4 rings (SSSR count). The van der Waals surface area contributed by atoms with Gasteiger partial charge in [-0.1, -0.05) is 0 Å². The number of aliphatic carboxylic acids is 1. The molecule has 0 spiro atoms. The van der Waals surface area contributed by atoms with E-state index in [1.807, 2.05) is 36.7 Å². The molecule has 0 bridgehead atoms. The van der Waals surface area contributed by atoms with E-state index in [-0.39, 0.29) is 18.3 Å². The minimum Gasteiger partial charge on any atom is -0.497 e. The maximum Gasteiger partial charge on any atom is 0.303 e. The van der Waals surface area contributed by atoms with Crippen LogP contribution in [0.1, 0.15) is 43.8 Å². The molecule has 1 unspecified atom stereocenters. The van der Waals surface area contributed by atoms with Crippen molar-refractivity contribution in [2.75, 3.05) is 32.5 Å². The molecule has 0 amide bonds. The van der Waals surface area contributed by atoms with Crippen LogP contribution in [0.15, 0.2) is 54.1 Å². The third-order valence-electron chi connectivity index (χ3n) is 6.99. The van der Waals surface area contributed by atoms with Crippen LogP contribution in [0.25, 0.3) is 10.9 Å². The molecule has 9 heteroatoms. The van der Waals surface area contributed by atoms with Crippen molar-refractivity contribution in [2.45, 2.75) is 43.1 Å². The number of piperidine rings is 1. The lowest BCUT2D eigenvalue weighted by Crippen LogP contribution is -2.42. The molecule has 1 aromatic carbocycles. The largest absolute Gasteiger partial charge is 0.497 e. The summed E-state index contributed by atoms with van der Waals surface area (Å²) < 4.78 is 5.35. The van der Waals surface area contributed by atoms with E-state index in [4.69, 9.17) is 4.74 Å². The zero-order chi connectivity index (χ0) is 25.3. The number of nitrogens with zero attached hydrogens (tertiary/aromatic N) is 4. The maximum atomic E-state index is 11.6. The SMILES string of the molecule is COc1ccc2nccc(C(O)CC[C@@H]3CCN(CCCSc4cncnc4)C[C@@H]3CC(=O)O)c2c1. The van der Waals surface area contributed by atoms with E-state index in [1.165, 1.54) is 6.33 Å². The van der Waals surface area contributed by atoms with Gasteiger partial charge in [0, 0.05) is 41.8 Å². The van der Waals surface area contributed by atoms with Crippen LogP contribution in [-0.4, -0.2) is 68.5 Å². The number of fused-ring (bicyclic) bond motifs is 1. The van der Waals surface area contributed by atoms with Gasteiger partial charge in [-0.05, 0) is 86.2 Å². The maximum absolute atomic E-state index is 11.6. The lowest BCUT2D eigenvalue weighted by molar-refractivity contribution is -0.139. The summed E-state index contributed by atoms with van der Waals surface area (Å²) in [4.78, 5) is 27.6. The van der Waals surface area contributed by atoms with Gasteiger partial charge < -0.3 is 19.8 Å². The molecule has 3 aromatic rings. The molecular weight excluding hydrogens is 476 g/mol. The van der Waals surface area contributed by atoms with Crippen LogP contribution in [-0.2, 0) is 4.79 Å². The quantitative estimate of drug-likeness (QED) is 0.270. The zero-order valence-electron chi connectivity index (χ0n) is 20.6. The molecule has 0 radical (unpaired) electrons. The number of carboxylic acid groups (broad SMARTS) is 1. The van der Waals surface area contributed by atoms with Gasteiger partial charge in [0.15, 0.2) is 0 Å². The number of benzene rings is 1. The molecule has 1 aliphatic rings. The van der Waals surface area contributed by atoms with Crippen molar-refractivity contribution in [1.82, 2.24) is 19.9 Å². The molecule has 3 atom stereocenters. The first-order valence-corrected chi connectivity index (χ1v) is 13.4. The van der Waals surface area contributed by atoms with Crippen molar-refractivity contribution in [1.29, 1.82) is 0 Å². The van der Waals surface area contributed by atoms with Crippen LogP contribution in [0.4, 0.5) is 0 Å². The van der Waals surface area contributed by atoms with Crippen molar-refractivity contribution >= 4 is 28.6 Å². The Morgan fingerprint density at radius 2 is 2.08 bits per heavy atom. The van der Waals surface area contributed by atoms with E-state index in [0.717, 1.165) is 71.8 Å². The molecule has 2 aromatic heterocycles. The summed E-state index contributed by atoms with van der Waals surface area (Å²) in [6, 6.07) is 7.54. The Labute approximate surface area is 216 Å². The van der Waals surface area contributed by atoms with Gasteiger partial charge in [-0.15, -0.1) is 11.8 Å². The molecule has 2 N–H and O–H groups in total. The average molecular weight is 511 g/mol. The summed E-state index contributed by atoms with van der Waals surface area (Å²) >= 11 is 1.75. The van der Waals surface area contributed by atoms with Crippen LogP contribution in [0.2, 0.25) is 0 Å². The third-order valence-corrected chi connectivity index (χ3v) is 8.03. The molecule has 8 nitrogen and oxygen atoms in total. The van der Waals surface area contributed by atoms with Crippen LogP contribution in [0.5, 0.6) is 5.75 Å². The number of carboxylic acids is 1. The van der Waals surface area contributed by atoms with E-state index in [1.54, 1.807) is 25.1 Å². The van der Waals surface area contributed by atoms with Gasteiger partial charge in [0.05, 0.1) is 18.7 Å². The van der Waals surface area contributed by atoms with Crippen molar-refractivity contribution in [3.8, 4) is 5.75 Å². The first kappa shape index (κ1) is 26.3. The van der Waals surface area contributed by atoms with Crippen molar-refractivity contribution < 1.29 is 19.7 Å². The minimum absolute atomic E-state index is 0.0907. The molecular formula is C27H34N4O4S. The Bertz CT molecular complexity index is 1130. The first-order chi connectivity index (χ1) is 17.5. The number of hydrogen-bond acceptors (Lipinski definition) is 8. The lowest BCUT2D eigenvalue weighted by Gasteiger charge is -2.38. The molecule has 1 saturated heterocycles. The van der Waals surface area contributed by atoms with Crippen LogP contribution in [0.3, 0.4) is 0 Å². The summed E-state index contributed by atoms with van der Waals surface area (Å²) in [5.74, 6) is 1.33. The van der Waals surface area contributed by atoms with Crippen molar-refractivity contribution in [3.63, 3.8) is 0 Å². The average Bonchev–Trinajstić information content (AvgIpc) is 2.90. The predicted molar refractivity (Wildman–Crippen MR) is 140 cm³/mol. The highest BCUT2D eigenvalue weighted by Crippen LogP contribution is 2.35. The van der Waals surface area contributed by atoms with E-state index < -0.39 is 12.1 Å². The highest BCUT2D eigenvalue weighted by Gasteiger charge is 2.31. The topological polar surface area (TPSA) is 109 Å². The van der Waals surface area contributed by atoms with Gasteiger partial charge >= 0.3 is 5.97 Å². The fraction of sp³-hybridized carbons (Fsp3) is 0.481. The molecule has 1 aliphatic heterocycles. The summed E-state index contributed by atoms with van der Waals surface area (Å²) in [6.07, 6.45) is 9.81. The molecule has 0 saturated carbocycles. The fourth-order valence-corrected chi connectivity index (χ4v) is 5.90. The number of pyridine rings is 1. The number of thioether (sulfide) groups is 1. The number of carbonyl (C=O) groups is 1. The Hall–Kier alpha value is -2.75. The second kappa shape index (κ2) is 13.0. The first-order valence-electron chi connectivity index (χ1n) is 12.5. The Balaban J connectivity index is 1.31. The van der Waals surface area contributed by atoms with Gasteiger partial charge in [-0.25, -0.2) is 9.97 Å². The standard InChI is InChI=1S/C27H34N4O4S/c1-35-21-4-5-25-24(14-21)23(7-9-30-25)26(32)6-3-19-8-11-31(17-20(19)13-27(33)34)10-2-12-36-22-15-28-18-29-16-22/h4-5,7,9,14-16,18-20,26,32H,2-3,6,8,10-13,17H2,1H3,(H,33,34)/t19-,20+,26?/m1/s1. The van der Waals surface area contributed by atoms with Crippen LogP contribution >= 0.6 is 11.8 Å². The number of hydrogen-bond donors (Lipinski definition) is 2. The number of likely N-dealkylation sites (tertiary alicyclic amines) is 1. The third kappa shape index (κ3) is 7.15. The number of rotatable bonds is 12. The van der Waals surface area contributed by atoms with E-state index in [9.17, 15) is 15.0 Å². The van der Waals surface area contributed by atoms with E-state index in [2.05, 4.69) is 19.9 Å². The summed E-state index contributed by atoms with van der Waals surface area (Å²) in [5.41, 5.74) is 1.66. The van der Waals surface area contributed by atoms with Gasteiger partial charge in [-0.2, -0.15) is 0 Å². The smallest absolute Gasteiger partial charge is 0.303 e. The molecule has 192 valence electrons. The highest BCUT2D eigenvalue weighted by atomic mass is 32.2. The Kier molecular flexibility index (Phi) is 9.49. The molecule has 0 aliphatic carbocycles. The van der Waals surface area contributed by atoms with Crippen LogP contribution in [0, 0.1) is 11.8 Å². The van der Waals surface area contributed by atoms with Crippen LogP contribution < -0.4 is 4.74 Å². The molecule has 1 fully saturated rings. The monoisotopic (exact) mass is 510 g/mol. The van der Waals surface area contributed by atoms with Gasteiger partial charge in [0.1, 0.15) is 12.1 Å². The summed E-state index contributed by atoms with van der Waals surface area (Å²) in [7, 11) is 1.62. The Morgan fingerprint density at radius 3 is 2.86 bits per heavy atom. The summed E-state index contributed by atoms with van der Waals surface area (Å²) in [6.45, 7) is 2.71.